The number of hydrogen-bond donors (Lipinski definition) is 2. The predicted octanol–water partition coefficient (Wildman–Crippen LogP) is 1.78. The quantitative estimate of drug-likeness (QED) is 0.631. The number of aryl methyl sites for hydroxylation is 2. The van der Waals surface area contributed by atoms with Gasteiger partial charge in [-0.3, -0.25) is 4.90 Å². The zero-order valence-electron chi connectivity index (χ0n) is 11.1. The number of guanidine groups is 1. The summed E-state index contributed by atoms with van der Waals surface area (Å²) in [5.41, 5.74) is 13.6. The van der Waals surface area contributed by atoms with Crippen molar-refractivity contribution < 1.29 is 4.79 Å². The number of nitrogens with zero attached hydrogens (tertiary/aromatic N) is 2. The minimum atomic E-state index is -0.440. The first-order valence-electron chi connectivity index (χ1n) is 6.00. The summed E-state index contributed by atoms with van der Waals surface area (Å²) < 4.78 is 0. The molecule has 0 spiro atoms. The number of benzene rings is 1. The molecule has 0 saturated carbocycles. The average Bonchev–Trinajstić information content (AvgIpc) is 2.31. The third-order valence-corrected chi connectivity index (χ3v) is 2.73. The largest absolute Gasteiger partial charge is 0.370 e. The Hall–Kier alpha value is -2.04. The molecule has 98 valence electrons. The SMILES string of the molecule is CCc1ccc(N(CC)C(=O)N=C(N)N)c(C)c1. The lowest BCUT2D eigenvalue weighted by atomic mass is 10.1. The van der Waals surface area contributed by atoms with Gasteiger partial charge in [0.05, 0.1) is 0 Å². The molecule has 0 atom stereocenters. The third-order valence-electron chi connectivity index (χ3n) is 2.73. The highest BCUT2D eigenvalue weighted by molar-refractivity contribution is 6.00. The number of rotatable bonds is 3. The van der Waals surface area contributed by atoms with Crippen molar-refractivity contribution >= 4 is 17.7 Å². The van der Waals surface area contributed by atoms with Crippen molar-refractivity contribution in [2.45, 2.75) is 27.2 Å². The van der Waals surface area contributed by atoms with Crippen LogP contribution in [0.1, 0.15) is 25.0 Å². The Labute approximate surface area is 107 Å². The summed E-state index contributed by atoms with van der Waals surface area (Å²) in [4.78, 5) is 17.0. The topological polar surface area (TPSA) is 84.7 Å². The number of amides is 2. The molecule has 0 fully saturated rings. The van der Waals surface area contributed by atoms with Crippen LogP contribution in [-0.4, -0.2) is 18.5 Å². The van der Waals surface area contributed by atoms with E-state index in [1.54, 1.807) is 4.90 Å². The zero-order chi connectivity index (χ0) is 13.7. The highest BCUT2D eigenvalue weighted by Crippen LogP contribution is 2.22. The monoisotopic (exact) mass is 248 g/mol. The lowest BCUT2D eigenvalue weighted by Crippen LogP contribution is -2.33. The van der Waals surface area contributed by atoms with Crippen LogP contribution < -0.4 is 16.4 Å². The smallest absolute Gasteiger partial charge is 0.351 e. The molecule has 4 N–H and O–H groups in total. The van der Waals surface area contributed by atoms with Gasteiger partial charge in [-0.05, 0) is 37.5 Å². The molecule has 0 aromatic heterocycles. The van der Waals surface area contributed by atoms with Gasteiger partial charge in [0.25, 0.3) is 0 Å². The van der Waals surface area contributed by atoms with Gasteiger partial charge in [-0.2, -0.15) is 4.99 Å². The Morgan fingerprint density at radius 2 is 2.00 bits per heavy atom. The van der Waals surface area contributed by atoms with E-state index < -0.39 is 6.03 Å². The highest BCUT2D eigenvalue weighted by Gasteiger charge is 2.15. The lowest BCUT2D eigenvalue weighted by molar-refractivity contribution is 0.254. The highest BCUT2D eigenvalue weighted by atomic mass is 16.2. The Morgan fingerprint density at radius 3 is 2.44 bits per heavy atom. The molecule has 2 amide bonds. The molecule has 0 aliphatic heterocycles. The van der Waals surface area contributed by atoms with Gasteiger partial charge in [0.1, 0.15) is 0 Å². The number of urea groups is 1. The van der Waals surface area contributed by atoms with Gasteiger partial charge in [-0.15, -0.1) is 0 Å². The lowest BCUT2D eigenvalue weighted by Gasteiger charge is -2.21. The van der Waals surface area contributed by atoms with E-state index in [2.05, 4.69) is 18.0 Å². The molecule has 5 heteroatoms. The molecule has 0 aliphatic carbocycles. The van der Waals surface area contributed by atoms with Crippen LogP contribution in [0, 0.1) is 6.92 Å². The second-order valence-electron chi connectivity index (χ2n) is 4.04. The minimum Gasteiger partial charge on any atom is -0.370 e. The number of anilines is 1. The first-order chi connectivity index (χ1) is 8.49. The molecular formula is C13H20N4O. The van der Waals surface area contributed by atoms with E-state index in [1.165, 1.54) is 5.56 Å². The molecule has 1 rings (SSSR count). The second kappa shape index (κ2) is 6.05. The van der Waals surface area contributed by atoms with E-state index in [0.29, 0.717) is 6.54 Å². The molecule has 0 saturated heterocycles. The van der Waals surface area contributed by atoms with Gasteiger partial charge in [-0.1, -0.05) is 19.1 Å². The molecule has 18 heavy (non-hydrogen) atoms. The van der Waals surface area contributed by atoms with Crippen LogP contribution in [0.15, 0.2) is 23.2 Å². The fourth-order valence-electron chi connectivity index (χ4n) is 1.82. The maximum Gasteiger partial charge on any atom is 0.351 e. The van der Waals surface area contributed by atoms with Crippen LogP contribution in [-0.2, 0) is 6.42 Å². The second-order valence-corrected chi connectivity index (χ2v) is 4.04. The molecule has 0 radical (unpaired) electrons. The summed E-state index contributed by atoms with van der Waals surface area (Å²) in [5.74, 6) is -0.221. The average molecular weight is 248 g/mol. The molecule has 0 bridgehead atoms. The van der Waals surface area contributed by atoms with Crippen LogP contribution in [0.5, 0.6) is 0 Å². The third kappa shape index (κ3) is 3.23. The number of carbonyl (C=O) groups is 1. The summed E-state index contributed by atoms with van der Waals surface area (Å²) in [6.45, 7) is 6.46. The van der Waals surface area contributed by atoms with Crippen molar-refractivity contribution in [2.75, 3.05) is 11.4 Å². The van der Waals surface area contributed by atoms with Crippen LogP contribution in [0.2, 0.25) is 0 Å². The molecular weight excluding hydrogens is 228 g/mol. The Balaban J connectivity index is 3.09. The maximum atomic E-state index is 11.9. The number of aliphatic imine (C=N–C) groups is 1. The Morgan fingerprint density at radius 1 is 1.33 bits per heavy atom. The van der Waals surface area contributed by atoms with Gasteiger partial charge >= 0.3 is 6.03 Å². The van der Waals surface area contributed by atoms with E-state index in [0.717, 1.165) is 17.7 Å². The molecule has 0 unspecified atom stereocenters. The predicted molar refractivity (Wildman–Crippen MR) is 74.8 cm³/mol. The number of nitrogens with two attached hydrogens (primary N) is 2. The summed E-state index contributed by atoms with van der Waals surface area (Å²) in [6.07, 6.45) is 0.967. The summed E-state index contributed by atoms with van der Waals surface area (Å²) in [5, 5.41) is 0. The molecule has 1 aromatic carbocycles. The first kappa shape index (κ1) is 14.0. The summed E-state index contributed by atoms with van der Waals surface area (Å²) >= 11 is 0. The van der Waals surface area contributed by atoms with Crippen molar-refractivity contribution in [1.82, 2.24) is 0 Å². The standard InChI is InChI=1S/C13H20N4O/c1-4-10-6-7-11(9(3)8-10)17(5-2)13(18)16-12(14)15/h6-8H,4-5H2,1-3H3,(H4,14,15,16,18). The van der Waals surface area contributed by atoms with Gasteiger partial charge in [0, 0.05) is 12.2 Å². The Kier molecular flexibility index (Phi) is 4.71. The van der Waals surface area contributed by atoms with Gasteiger partial charge in [-0.25, -0.2) is 4.79 Å². The Bertz CT molecular complexity index is 464. The summed E-state index contributed by atoms with van der Waals surface area (Å²) in [7, 11) is 0. The van der Waals surface area contributed by atoms with Crippen LogP contribution in [0.25, 0.3) is 0 Å². The van der Waals surface area contributed by atoms with Crippen molar-refractivity contribution in [2.24, 2.45) is 16.5 Å². The van der Waals surface area contributed by atoms with Crippen molar-refractivity contribution in [3.63, 3.8) is 0 Å². The molecule has 0 heterocycles. The maximum absolute atomic E-state index is 11.9. The van der Waals surface area contributed by atoms with Crippen LogP contribution in [0.3, 0.4) is 0 Å². The van der Waals surface area contributed by atoms with Crippen LogP contribution >= 0.6 is 0 Å². The van der Waals surface area contributed by atoms with E-state index in [9.17, 15) is 4.79 Å². The zero-order valence-corrected chi connectivity index (χ0v) is 11.1. The van der Waals surface area contributed by atoms with Gasteiger partial charge < -0.3 is 11.5 Å². The fraction of sp³-hybridized carbons (Fsp3) is 0.385. The van der Waals surface area contributed by atoms with E-state index in [1.807, 2.05) is 26.0 Å². The minimum absolute atomic E-state index is 0.221. The van der Waals surface area contributed by atoms with E-state index >= 15 is 0 Å². The van der Waals surface area contributed by atoms with E-state index in [-0.39, 0.29) is 5.96 Å². The fourth-order valence-corrected chi connectivity index (χ4v) is 1.82. The summed E-state index contributed by atoms with van der Waals surface area (Å²) in [6, 6.07) is 5.57. The molecule has 1 aromatic rings. The van der Waals surface area contributed by atoms with Crippen molar-refractivity contribution in [3.8, 4) is 0 Å². The first-order valence-corrected chi connectivity index (χ1v) is 6.00. The van der Waals surface area contributed by atoms with Gasteiger partial charge in [0.15, 0.2) is 5.96 Å². The molecule has 0 aliphatic rings. The van der Waals surface area contributed by atoms with E-state index in [4.69, 9.17) is 11.5 Å². The molecule has 5 nitrogen and oxygen atoms in total. The van der Waals surface area contributed by atoms with Crippen LogP contribution in [0.4, 0.5) is 10.5 Å². The van der Waals surface area contributed by atoms with Crippen molar-refractivity contribution in [1.29, 1.82) is 0 Å². The van der Waals surface area contributed by atoms with Gasteiger partial charge in [0.2, 0.25) is 0 Å². The van der Waals surface area contributed by atoms with Crippen molar-refractivity contribution in [3.05, 3.63) is 29.3 Å². The number of hydrogen-bond acceptors (Lipinski definition) is 1. The number of carbonyl (C=O) groups excluding carboxylic acids is 1. The normalized spacial score (nSPS) is 9.94.